The zero-order chi connectivity index (χ0) is 23.1. The number of nitrogens with zero attached hydrogens (tertiary/aromatic N) is 4. The van der Waals surface area contributed by atoms with Crippen LogP contribution in [0.25, 0.3) is 10.2 Å². The lowest BCUT2D eigenvalue weighted by molar-refractivity contribution is -0.119. The Balaban J connectivity index is 1.35. The van der Waals surface area contributed by atoms with E-state index in [1.807, 2.05) is 43.3 Å². The molecule has 2 aliphatic heterocycles. The van der Waals surface area contributed by atoms with Crippen LogP contribution < -0.4 is 14.6 Å². The highest BCUT2D eigenvalue weighted by Crippen LogP contribution is 2.35. The van der Waals surface area contributed by atoms with E-state index in [0.29, 0.717) is 13.1 Å². The fourth-order valence-corrected chi connectivity index (χ4v) is 5.52. The molecule has 0 aliphatic carbocycles. The molecular formula is C24H26N4O4S. The summed E-state index contributed by atoms with van der Waals surface area (Å²) >= 11 is 1.64. The van der Waals surface area contributed by atoms with Crippen molar-refractivity contribution in [3.8, 4) is 5.75 Å². The number of aromatic nitrogens is 1. The summed E-state index contributed by atoms with van der Waals surface area (Å²) in [5.74, 6) is 0.695. The molecule has 9 heteroatoms. The Bertz CT molecular complexity index is 1220. The molecule has 1 aromatic heterocycles. The maximum absolute atomic E-state index is 12.7. The number of anilines is 2. The Kier molecular flexibility index (Phi) is 5.67. The second-order valence-electron chi connectivity index (χ2n) is 8.32. The third kappa shape index (κ3) is 4.02. The number of piperidine rings is 1. The average molecular weight is 467 g/mol. The zero-order valence-electron chi connectivity index (χ0n) is 18.9. The van der Waals surface area contributed by atoms with Crippen molar-refractivity contribution in [3.05, 3.63) is 47.0 Å². The molecule has 1 fully saturated rings. The van der Waals surface area contributed by atoms with Gasteiger partial charge in [-0.05, 0) is 56.2 Å². The van der Waals surface area contributed by atoms with Crippen molar-refractivity contribution in [1.29, 1.82) is 0 Å². The number of hydrazine groups is 1. The van der Waals surface area contributed by atoms with Crippen molar-refractivity contribution in [3.63, 3.8) is 0 Å². The predicted octanol–water partition coefficient (Wildman–Crippen LogP) is 4.50. The Morgan fingerprint density at radius 2 is 2.00 bits per heavy atom. The first-order valence-electron chi connectivity index (χ1n) is 11.0. The molecule has 2 amide bonds. The molecule has 3 aromatic rings. The van der Waals surface area contributed by atoms with E-state index in [1.165, 1.54) is 0 Å². The van der Waals surface area contributed by atoms with Gasteiger partial charge in [-0.25, -0.2) is 19.8 Å². The van der Waals surface area contributed by atoms with Crippen LogP contribution in [0.2, 0.25) is 0 Å². The van der Waals surface area contributed by atoms with E-state index >= 15 is 0 Å². The second-order valence-corrected chi connectivity index (χ2v) is 9.55. The topological polar surface area (TPSA) is 75.2 Å². The fraction of sp³-hybridized carbons (Fsp3) is 0.375. The number of thiazole rings is 1. The summed E-state index contributed by atoms with van der Waals surface area (Å²) in [4.78, 5) is 31.6. The number of benzene rings is 2. The van der Waals surface area contributed by atoms with E-state index in [1.54, 1.807) is 35.3 Å². The van der Waals surface area contributed by atoms with Crippen LogP contribution in [0.4, 0.5) is 16.2 Å². The van der Waals surface area contributed by atoms with E-state index in [2.05, 4.69) is 9.99 Å². The molecule has 0 bridgehead atoms. The smallest absolute Gasteiger partial charge is 0.414 e. The molecule has 0 saturated carbocycles. The standard InChI is InChI=1S/C24H26N4O4S/c1-15-25-21-13-19(4-7-23(21)33-15)28(16(2)29)26-10-8-18(9-11-26)27-22-6-5-20(31-3)12-17(22)14-32-24(27)30/h4-7,12-13,18H,8-11,14H2,1-3H3. The molecule has 0 N–H and O–H groups in total. The molecule has 2 aromatic carbocycles. The monoisotopic (exact) mass is 466 g/mol. The van der Waals surface area contributed by atoms with Crippen molar-refractivity contribution < 1.29 is 19.1 Å². The number of aryl methyl sites for hydroxylation is 1. The van der Waals surface area contributed by atoms with Gasteiger partial charge in [-0.2, -0.15) is 0 Å². The highest BCUT2D eigenvalue weighted by atomic mass is 32.1. The minimum atomic E-state index is -0.320. The Morgan fingerprint density at radius 1 is 1.21 bits per heavy atom. The van der Waals surface area contributed by atoms with Crippen LogP contribution in [0, 0.1) is 6.92 Å². The number of amides is 2. The van der Waals surface area contributed by atoms with E-state index < -0.39 is 0 Å². The van der Waals surface area contributed by atoms with Gasteiger partial charge in [0.25, 0.3) is 0 Å². The molecule has 172 valence electrons. The fourth-order valence-electron chi connectivity index (χ4n) is 4.71. The maximum atomic E-state index is 12.7. The minimum Gasteiger partial charge on any atom is -0.497 e. The number of hydrogen-bond acceptors (Lipinski definition) is 7. The minimum absolute atomic E-state index is 0.00123. The summed E-state index contributed by atoms with van der Waals surface area (Å²) in [6, 6.07) is 11.7. The van der Waals surface area contributed by atoms with Crippen LogP contribution in [-0.2, 0) is 16.1 Å². The normalized spacial score (nSPS) is 17.1. The van der Waals surface area contributed by atoms with E-state index in [4.69, 9.17) is 9.47 Å². The van der Waals surface area contributed by atoms with Gasteiger partial charge in [-0.3, -0.25) is 9.69 Å². The number of methoxy groups -OCH3 is 1. The molecule has 8 nitrogen and oxygen atoms in total. The highest BCUT2D eigenvalue weighted by molar-refractivity contribution is 7.18. The van der Waals surface area contributed by atoms with Gasteiger partial charge < -0.3 is 9.47 Å². The first-order valence-corrected chi connectivity index (χ1v) is 11.8. The maximum Gasteiger partial charge on any atom is 0.414 e. The zero-order valence-corrected chi connectivity index (χ0v) is 19.7. The van der Waals surface area contributed by atoms with Gasteiger partial charge in [0.05, 0.1) is 33.7 Å². The van der Waals surface area contributed by atoms with Crippen LogP contribution in [0.5, 0.6) is 5.75 Å². The summed E-state index contributed by atoms with van der Waals surface area (Å²) in [5.41, 5.74) is 3.53. The van der Waals surface area contributed by atoms with Gasteiger partial charge in [0.15, 0.2) is 0 Å². The molecule has 1 saturated heterocycles. The van der Waals surface area contributed by atoms with E-state index in [0.717, 1.165) is 50.8 Å². The van der Waals surface area contributed by atoms with Gasteiger partial charge in [-0.1, -0.05) is 0 Å². The Morgan fingerprint density at radius 3 is 2.73 bits per heavy atom. The SMILES string of the molecule is COc1ccc2c(c1)COC(=O)N2C1CCN(N(C(C)=O)c2ccc3sc(C)nc3c2)CC1. The van der Waals surface area contributed by atoms with E-state index in [-0.39, 0.29) is 24.6 Å². The van der Waals surface area contributed by atoms with Crippen molar-refractivity contribution in [1.82, 2.24) is 9.99 Å². The molecular weight excluding hydrogens is 440 g/mol. The van der Waals surface area contributed by atoms with Gasteiger partial charge >= 0.3 is 6.09 Å². The largest absolute Gasteiger partial charge is 0.497 e. The predicted molar refractivity (Wildman–Crippen MR) is 128 cm³/mol. The van der Waals surface area contributed by atoms with Crippen LogP contribution in [-0.4, -0.2) is 48.2 Å². The van der Waals surface area contributed by atoms with Crippen LogP contribution in [0.15, 0.2) is 36.4 Å². The first-order chi connectivity index (χ1) is 15.9. The Labute approximate surface area is 196 Å². The van der Waals surface area contributed by atoms with Gasteiger partial charge in [0.2, 0.25) is 5.91 Å². The number of hydrogen-bond donors (Lipinski definition) is 0. The van der Waals surface area contributed by atoms with Gasteiger partial charge in [0.1, 0.15) is 12.4 Å². The number of carbonyl (C=O) groups is 2. The number of ether oxygens (including phenoxy) is 2. The molecule has 0 atom stereocenters. The molecule has 0 radical (unpaired) electrons. The van der Waals surface area contributed by atoms with Crippen molar-refractivity contribution in [2.45, 2.75) is 39.3 Å². The van der Waals surface area contributed by atoms with Gasteiger partial charge in [0, 0.05) is 31.6 Å². The quantitative estimate of drug-likeness (QED) is 0.564. The van der Waals surface area contributed by atoms with Crippen LogP contribution in [0.3, 0.4) is 0 Å². The summed E-state index contributed by atoms with van der Waals surface area (Å²) in [6.45, 7) is 5.10. The summed E-state index contributed by atoms with van der Waals surface area (Å²) in [5, 5.41) is 4.80. The summed E-state index contributed by atoms with van der Waals surface area (Å²) in [6.07, 6.45) is 1.13. The average Bonchev–Trinajstić information content (AvgIpc) is 3.18. The lowest BCUT2D eigenvalue weighted by Crippen LogP contribution is -2.54. The Hall–Kier alpha value is -3.17. The molecule has 33 heavy (non-hydrogen) atoms. The molecule has 0 spiro atoms. The van der Waals surface area contributed by atoms with Crippen molar-refractivity contribution in [2.75, 3.05) is 30.1 Å². The lowest BCUT2D eigenvalue weighted by atomic mass is 10.0. The molecule has 5 rings (SSSR count). The number of cyclic esters (lactones) is 1. The summed E-state index contributed by atoms with van der Waals surface area (Å²) in [7, 11) is 1.62. The number of fused-ring (bicyclic) bond motifs is 2. The van der Waals surface area contributed by atoms with Crippen LogP contribution >= 0.6 is 11.3 Å². The summed E-state index contributed by atoms with van der Waals surface area (Å²) < 4.78 is 11.9. The van der Waals surface area contributed by atoms with Crippen molar-refractivity contribution in [2.24, 2.45) is 0 Å². The number of carbonyl (C=O) groups excluding carboxylic acids is 2. The third-order valence-corrected chi connectivity index (χ3v) is 7.16. The van der Waals surface area contributed by atoms with E-state index in [9.17, 15) is 9.59 Å². The molecule has 2 aliphatic rings. The van der Waals surface area contributed by atoms with Gasteiger partial charge in [-0.15, -0.1) is 11.3 Å². The van der Waals surface area contributed by atoms with Crippen molar-refractivity contribution >= 4 is 44.9 Å². The number of rotatable bonds is 4. The highest BCUT2D eigenvalue weighted by Gasteiger charge is 2.36. The lowest BCUT2D eigenvalue weighted by Gasteiger charge is -2.43. The molecule has 3 heterocycles. The second kappa shape index (κ2) is 8.64. The van der Waals surface area contributed by atoms with Crippen LogP contribution in [0.1, 0.15) is 30.3 Å². The third-order valence-electron chi connectivity index (χ3n) is 6.20. The first kappa shape index (κ1) is 21.7. The molecule has 0 unspecified atom stereocenters.